The summed E-state index contributed by atoms with van der Waals surface area (Å²) in [4.78, 5) is 6.59. The number of piperazine rings is 1. The number of hydrogen-bond donors (Lipinski definition) is 1. The van der Waals surface area contributed by atoms with Crippen LogP contribution >= 0.6 is 11.6 Å². The maximum Gasteiger partial charge on any atom is 0.130 e. The van der Waals surface area contributed by atoms with E-state index in [1.165, 1.54) is 5.69 Å². The predicted molar refractivity (Wildman–Crippen MR) is 85.1 cm³/mol. The zero-order valence-electron chi connectivity index (χ0n) is 11.8. The first-order chi connectivity index (χ1) is 10.3. The highest BCUT2D eigenvalue weighted by molar-refractivity contribution is 6.30. The van der Waals surface area contributed by atoms with Crippen molar-refractivity contribution in [1.82, 2.24) is 10.3 Å². The highest BCUT2D eigenvalue weighted by atomic mass is 35.5. The molecule has 0 radical (unpaired) electrons. The summed E-state index contributed by atoms with van der Waals surface area (Å²) in [5.74, 6) is 0.843. The zero-order valence-corrected chi connectivity index (χ0v) is 12.5. The molecule has 1 saturated heterocycles. The molecule has 5 heteroatoms. The van der Waals surface area contributed by atoms with Crippen molar-refractivity contribution in [2.75, 3.05) is 31.1 Å². The quantitative estimate of drug-likeness (QED) is 0.942. The van der Waals surface area contributed by atoms with Crippen LogP contribution in [0.3, 0.4) is 0 Å². The molecule has 0 atom stereocenters. The van der Waals surface area contributed by atoms with E-state index >= 15 is 0 Å². The van der Waals surface area contributed by atoms with Gasteiger partial charge in [0.1, 0.15) is 12.4 Å². The Bertz CT molecular complexity index is 582. The molecule has 0 saturated carbocycles. The highest BCUT2D eigenvalue weighted by Gasteiger charge is 2.10. The van der Waals surface area contributed by atoms with Crippen molar-refractivity contribution in [3.05, 3.63) is 53.3 Å². The number of anilines is 1. The summed E-state index contributed by atoms with van der Waals surface area (Å²) in [6.07, 6.45) is 1.69. The van der Waals surface area contributed by atoms with Gasteiger partial charge in [-0.3, -0.25) is 4.98 Å². The van der Waals surface area contributed by atoms with E-state index in [-0.39, 0.29) is 0 Å². The number of rotatable bonds is 4. The molecule has 0 spiro atoms. The summed E-state index contributed by atoms with van der Waals surface area (Å²) in [6.45, 7) is 4.60. The Hall–Kier alpha value is -1.78. The molecule has 1 aromatic heterocycles. The van der Waals surface area contributed by atoms with Crippen LogP contribution in [0, 0.1) is 0 Å². The molecule has 1 fully saturated rings. The molecule has 0 amide bonds. The Kier molecular flexibility index (Phi) is 4.58. The average Bonchev–Trinajstić information content (AvgIpc) is 2.54. The first-order valence-corrected chi connectivity index (χ1v) is 7.48. The van der Waals surface area contributed by atoms with Crippen molar-refractivity contribution in [2.24, 2.45) is 0 Å². The Morgan fingerprint density at radius 3 is 2.62 bits per heavy atom. The van der Waals surface area contributed by atoms with Crippen molar-refractivity contribution in [2.45, 2.75) is 6.61 Å². The normalized spacial score (nSPS) is 15.0. The molecule has 0 unspecified atom stereocenters. The molecule has 2 aromatic rings. The molecule has 1 aliphatic heterocycles. The van der Waals surface area contributed by atoms with Crippen LogP contribution in [0.25, 0.3) is 0 Å². The van der Waals surface area contributed by atoms with E-state index in [1.54, 1.807) is 12.3 Å². The largest absolute Gasteiger partial charge is 0.487 e. The van der Waals surface area contributed by atoms with Crippen molar-refractivity contribution >= 4 is 17.3 Å². The van der Waals surface area contributed by atoms with Crippen molar-refractivity contribution in [1.29, 1.82) is 0 Å². The van der Waals surface area contributed by atoms with Crippen LogP contribution in [0.2, 0.25) is 5.02 Å². The van der Waals surface area contributed by atoms with Crippen LogP contribution in [0.1, 0.15) is 5.69 Å². The third kappa shape index (κ3) is 3.86. The maximum absolute atomic E-state index is 5.93. The van der Waals surface area contributed by atoms with Gasteiger partial charge in [-0.15, -0.1) is 0 Å². The molecular formula is C16H18ClN3O. The molecule has 1 aliphatic rings. The lowest BCUT2D eigenvalue weighted by Gasteiger charge is -2.29. The van der Waals surface area contributed by atoms with Gasteiger partial charge < -0.3 is 15.0 Å². The van der Waals surface area contributed by atoms with Crippen LogP contribution in [0.15, 0.2) is 42.6 Å². The van der Waals surface area contributed by atoms with Gasteiger partial charge in [0.05, 0.1) is 5.69 Å². The Morgan fingerprint density at radius 2 is 1.90 bits per heavy atom. The zero-order chi connectivity index (χ0) is 14.5. The molecule has 2 heterocycles. The summed E-state index contributed by atoms with van der Waals surface area (Å²) in [7, 11) is 0. The van der Waals surface area contributed by atoms with Gasteiger partial charge in [0, 0.05) is 43.1 Å². The number of hydrogen-bond acceptors (Lipinski definition) is 4. The molecule has 3 rings (SSSR count). The molecule has 0 aliphatic carbocycles. The van der Waals surface area contributed by atoms with E-state index in [9.17, 15) is 0 Å². The minimum Gasteiger partial charge on any atom is -0.487 e. The van der Waals surface area contributed by atoms with Crippen molar-refractivity contribution in [3.63, 3.8) is 0 Å². The number of ether oxygens (including phenoxy) is 1. The van der Waals surface area contributed by atoms with E-state index in [4.69, 9.17) is 16.3 Å². The molecule has 1 aromatic carbocycles. The third-order valence-electron chi connectivity index (χ3n) is 3.48. The second kappa shape index (κ2) is 6.78. The lowest BCUT2D eigenvalue weighted by atomic mass is 10.2. The van der Waals surface area contributed by atoms with E-state index in [2.05, 4.69) is 27.3 Å². The molecular weight excluding hydrogens is 286 g/mol. The number of aromatic nitrogens is 1. The number of nitrogens with zero attached hydrogens (tertiary/aromatic N) is 2. The van der Waals surface area contributed by atoms with E-state index in [0.29, 0.717) is 11.6 Å². The number of benzene rings is 1. The first-order valence-electron chi connectivity index (χ1n) is 7.10. The molecule has 110 valence electrons. The lowest BCUT2D eigenvalue weighted by molar-refractivity contribution is 0.301. The standard InChI is InChI=1S/C16H18ClN3O/c17-13-5-6-19-14(11-13)12-21-16-3-1-15(2-4-16)20-9-7-18-8-10-20/h1-6,11,18H,7-10,12H2. The number of pyridine rings is 1. The van der Waals surface area contributed by atoms with Crippen LogP contribution in [0.4, 0.5) is 5.69 Å². The van der Waals surface area contributed by atoms with Crippen molar-refractivity contribution < 1.29 is 4.74 Å². The fourth-order valence-corrected chi connectivity index (χ4v) is 2.54. The second-order valence-electron chi connectivity index (χ2n) is 4.99. The molecule has 1 N–H and O–H groups in total. The smallest absolute Gasteiger partial charge is 0.130 e. The average molecular weight is 304 g/mol. The number of nitrogens with one attached hydrogen (secondary N) is 1. The highest BCUT2D eigenvalue weighted by Crippen LogP contribution is 2.20. The lowest BCUT2D eigenvalue weighted by Crippen LogP contribution is -2.43. The summed E-state index contributed by atoms with van der Waals surface area (Å²) in [6, 6.07) is 11.8. The minimum absolute atomic E-state index is 0.424. The fraction of sp³-hybridized carbons (Fsp3) is 0.312. The summed E-state index contributed by atoms with van der Waals surface area (Å²) >= 11 is 5.93. The fourth-order valence-electron chi connectivity index (χ4n) is 2.36. The second-order valence-corrected chi connectivity index (χ2v) is 5.42. The third-order valence-corrected chi connectivity index (χ3v) is 3.72. The van der Waals surface area contributed by atoms with Gasteiger partial charge in [0.15, 0.2) is 0 Å². The Morgan fingerprint density at radius 1 is 1.14 bits per heavy atom. The van der Waals surface area contributed by atoms with Gasteiger partial charge in [-0.2, -0.15) is 0 Å². The van der Waals surface area contributed by atoms with E-state index < -0.39 is 0 Å². The van der Waals surface area contributed by atoms with Gasteiger partial charge in [-0.25, -0.2) is 0 Å². The summed E-state index contributed by atoms with van der Waals surface area (Å²) in [5, 5.41) is 4.03. The predicted octanol–water partition coefficient (Wildman–Crippen LogP) is 2.72. The molecule has 0 bridgehead atoms. The Balaban J connectivity index is 1.59. The maximum atomic E-state index is 5.93. The van der Waals surface area contributed by atoms with Crippen LogP contribution < -0.4 is 15.0 Å². The first kappa shape index (κ1) is 14.2. The molecule has 21 heavy (non-hydrogen) atoms. The minimum atomic E-state index is 0.424. The van der Waals surface area contributed by atoms with Gasteiger partial charge in [0.25, 0.3) is 0 Å². The summed E-state index contributed by atoms with van der Waals surface area (Å²) < 4.78 is 5.74. The monoisotopic (exact) mass is 303 g/mol. The van der Waals surface area contributed by atoms with Crippen LogP contribution in [-0.4, -0.2) is 31.2 Å². The topological polar surface area (TPSA) is 37.4 Å². The number of halogens is 1. The van der Waals surface area contributed by atoms with Gasteiger partial charge >= 0.3 is 0 Å². The summed E-state index contributed by atoms with van der Waals surface area (Å²) in [5.41, 5.74) is 2.07. The van der Waals surface area contributed by atoms with Gasteiger partial charge in [0.2, 0.25) is 0 Å². The van der Waals surface area contributed by atoms with Gasteiger partial charge in [-0.05, 0) is 36.4 Å². The van der Waals surface area contributed by atoms with Crippen LogP contribution in [0.5, 0.6) is 5.75 Å². The van der Waals surface area contributed by atoms with Crippen molar-refractivity contribution in [3.8, 4) is 5.75 Å². The Labute approximate surface area is 129 Å². The van der Waals surface area contributed by atoms with Crippen LogP contribution in [-0.2, 0) is 6.61 Å². The molecule has 4 nitrogen and oxygen atoms in total. The van der Waals surface area contributed by atoms with E-state index in [1.807, 2.05) is 18.2 Å². The SMILES string of the molecule is Clc1ccnc(COc2ccc(N3CCNCC3)cc2)c1. The van der Waals surface area contributed by atoms with E-state index in [0.717, 1.165) is 37.6 Å². The van der Waals surface area contributed by atoms with Gasteiger partial charge in [-0.1, -0.05) is 11.6 Å².